The van der Waals surface area contributed by atoms with Crippen LogP contribution in [0.3, 0.4) is 0 Å². The van der Waals surface area contributed by atoms with Gasteiger partial charge in [-0.25, -0.2) is 0 Å². The Morgan fingerprint density at radius 3 is 2.78 bits per heavy atom. The molecule has 0 saturated carbocycles. The fraction of sp³-hybridized carbons (Fsp3) is 0.571. The second-order valence-electron chi connectivity index (χ2n) is 2.43. The molecule has 0 bridgehead atoms. The maximum Gasteiger partial charge on any atom is 0.103 e. The summed E-state index contributed by atoms with van der Waals surface area (Å²) >= 11 is 0. The molecule has 1 aliphatic rings. The van der Waals surface area contributed by atoms with Crippen LogP contribution in [0.5, 0.6) is 0 Å². The Labute approximate surface area is 55.7 Å². The lowest BCUT2D eigenvalue weighted by Gasteiger charge is -2.11. The number of hydrogen-bond donors (Lipinski definition) is 1. The van der Waals surface area contributed by atoms with Crippen molar-refractivity contribution in [2.45, 2.75) is 13.8 Å². The molecular formula is C7H12N2. The lowest BCUT2D eigenvalue weighted by atomic mass is 10.2. The molecule has 0 radical (unpaired) electrons. The standard InChI is InChI=1S/C7H12N2/c1-6(2)7-8-4-3-5-9-7/h3-4,6H,5H2,1-2H3,(H,8,9). The largest absolute Gasteiger partial charge is 0.350 e. The molecule has 0 aromatic carbocycles. The molecule has 0 aromatic heterocycles. The van der Waals surface area contributed by atoms with Gasteiger partial charge in [0.05, 0.1) is 6.54 Å². The van der Waals surface area contributed by atoms with Crippen molar-refractivity contribution in [1.29, 1.82) is 0 Å². The molecule has 0 spiro atoms. The number of hydrogen-bond acceptors (Lipinski definition) is 2. The number of rotatable bonds is 1. The van der Waals surface area contributed by atoms with Crippen molar-refractivity contribution in [3.63, 3.8) is 0 Å². The zero-order valence-corrected chi connectivity index (χ0v) is 5.89. The van der Waals surface area contributed by atoms with E-state index in [2.05, 4.69) is 24.2 Å². The number of nitrogens with zero attached hydrogens (tertiary/aromatic N) is 1. The van der Waals surface area contributed by atoms with Crippen LogP contribution in [0.2, 0.25) is 0 Å². The smallest absolute Gasteiger partial charge is 0.103 e. The van der Waals surface area contributed by atoms with Gasteiger partial charge in [-0.2, -0.15) is 0 Å². The van der Waals surface area contributed by atoms with Crippen molar-refractivity contribution in [2.24, 2.45) is 10.9 Å². The first kappa shape index (κ1) is 6.33. The van der Waals surface area contributed by atoms with Gasteiger partial charge in [0.25, 0.3) is 0 Å². The molecule has 2 heteroatoms. The van der Waals surface area contributed by atoms with Crippen molar-refractivity contribution in [1.82, 2.24) is 5.32 Å². The van der Waals surface area contributed by atoms with E-state index in [1.165, 1.54) is 0 Å². The third kappa shape index (κ3) is 1.56. The fourth-order valence-electron chi connectivity index (χ4n) is 0.743. The monoisotopic (exact) mass is 124 g/mol. The minimum Gasteiger partial charge on any atom is -0.350 e. The molecule has 0 aliphatic carbocycles. The molecule has 0 saturated heterocycles. The zero-order valence-electron chi connectivity index (χ0n) is 5.89. The minimum absolute atomic E-state index is 0.523. The summed E-state index contributed by atoms with van der Waals surface area (Å²) in [6.07, 6.45) is 3.95. The molecule has 0 aromatic rings. The molecule has 1 N–H and O–H groups in total. The van der Waals surface area contributed by atoms with Crippen molar-refractivity contribution in [3.05, 3.63) is 12.3 Å². The van der Waals surface area contributed by atoms with E-state index in [4.69, 9.17) is 0 Å². The van der Waals surface area contributed by atoms with Crippen LogP contribution in [0.4, 0.5) is 0 Å². The Morgan fingerprint density at radius 1 is 1.67 bits per heavy atom. The van der Waals surface area contributed by atoms with Gasteiger partial charge in [0.1, 0.15) is 5.84 Å². The maximum atomic E-state index is 4.25. The normalized spacial score (nSPS) is 17.4. The van der Waals surface area contributed by atoms with Crippen LogP contribution in [0, 0.1) is 5.92 Å². The Balaban J connectivity index is 2.50. The predicted molar refractivity (Wildman–Crippen MR) is 39.4 cm³/mol. The van der Waals surface area contributed by atoms with Crippen LogP contribution in [-0.4, -0.2) is 12.4 Å². The van der Waals surface area contributed by atoms with E-state index in [-0.39, 0.29) is 0 Å². The van der Waals surface area contributed by atoms with Gasteiger partial charge in [-0.3, -0.25) is 4.99 Å². The van der Waals surface area contributed by atoms with Gasteiger partial charge in [-0.05, 0) is 12.3 Å². The van der Waals surface area contributed by atoms with Crippen molar-refractivity contribution < 1.29 is 0 Å². The van der Waals surface area contributed by atoms with Crippen LogP contribution in [0.1, 0.15) is 13.8 Å². The average Bonchev–Trinajstić information content (AvgIpc) is 1.90. The highest BCUT2D eigenvalue weighted by Gasteiger charge is 2.02. The summed E-state index contributed by atoms with van der Waals surface area (Å²) in [4.78, 5) is 4.25. The van der Waals surface area contributed by atoms with E-state index in [1.807, 2.05) is 12.3 Å². The Hall–Kier alpha value is -0.790. The molecule has 0 fully saturated rings. The third-order valence-electron chi connectivity index (χ3n) is 1.26. The van der Waals surface area contributed by atoms with Crippen molar-refractivity contribution in [2.75, 3.05) is 6.54 Å². The molecule has 1 rings (SSSR count). The number of amidine groups is 1. The van der Waals surface area contributed by atoms with E-state index >= 15 is 0 Å². The summed E-state index contributed by atoms with van der Waals surface area (Å²) in [5, 5.41) is 3.09. The van der Waals surface area contributed by atoms with Gasteiger partial charge in [0.2, 0.25) is 0 Å². The molecular weight excluding hydrogens is 112 g/mol. The fourth-order valence-corrected chi connectivity index (χ4v) is 0.743. The highest BCUT2D eigenvalue weighted by atomic mass is 15.0. The van der Waals surface area contributed by atoms with E-state index in [1.54, 1.807) is 0 Å². The van der Waals surface area contributed by atoms with E-state index < -0.39 is 0 Å². The second kappa shape index (κ2) is 2.67. The molecule has 0 unspecified atom stereocenters. The molecule has 9 heavy (non-hydrogen) atoms. The van der Waals surface area contributed by atoms with Gasteiger partial charge in [-0.15, -0.1) is 0 Å². The topological polar surface area (TPSA) is 24.4 Å². The van der Waals surface area contributed by atoms with E-state index in [0.717, 1.165) is 12.4 Å². The maximum absolute atomic E-state index is 4.25. The SMILES string of the molecule is CC(C)C1=NCC=CN1. The van der Waals surface area contributed by atoms with E-state index in [9.17, 15) is 0 Å². The quantitative estimate of drug-likeness (QED) is 0.557. The van der Waals surface area contributed by atoms with Crippen LogP contribution >= 0.6 is 0 Å². The Kier molecular flexibility index (Phi) is 1.88. The summed E-state index contributed by atoms with van der Waals surface area (Å²) in [5.41, 5.74) is 0. The highest BCUT2D eigenvalue weighted by molar-refractivity contribution is 5.85. The summed E-state index contributed by atoms with van der Waals surface area (Å²) in [5.74, 6) is 1.62. The van der Waals surface area contributed by atoms with E-state index in [0.29, 0.717) is 5.92 Å². The molecule has 1 aliphatic heterocycles. The summed E-state index contributed by atoms with van der Waals surface area (Å²) in [6, 6.07) is 0. The Bertz CT molecular complexity index is 145. The lowest BCUT2D eigenvalue weighted by Crippen LogP contribution is -2.25. The first-order valence-electron chi connectivity index (χ1n) is 3.26. The van der Waals surface area contributed by atoms with Crippen LogP contribution in [0.15, 0.2) is 17.3 Å². The number of nitrogens with one attached hydrogen (secondary N) is 1. The molecule has 1 heterocycles. The summed E-state index contributed by atoms with van der Waals surface area (Å²) < 4.78 is 0. The lowest BCUT2D eigenvalue weighted by molar-refractivity contribution is 0.831. The number of aliphatic imine (C=N–C) groups is 1. The van der Waals surface area contributed by atoms with Gasteiger partial charge in [0.15, 0.2) is 0 Å². The van der Waals surface area contributed by atoms with Crippen LogP contribution in [-0.2, 0) is 0 Å². The van der Waals surface area contributed by atoms with Gasteiger partial charge < -0.3 is 5.32 Å². The molecule has 0 atom stereocenters. The van der Waals surface area contributed by atoms with Crippen LogP contribution in [0.25, 0.3) is 0 Å². The summed E-state index contributed by atoms with van der Waals surface area (Å²) in [6.45, 7) is 5.09. The molecule has 2 nitrogen and oxygen atoms in total. The minimum atomic E-state index is 0.523. The van der Waals surface area contributed by atoms with Gasteiger partial charge >= 0.3 is 0 Å². The first-order chi connectivity index (χ1) is 4.30. The van der Waals surface area contributed by atoms with Crippen molar-refractivity contribution in [3.8, 4) is 0 Å². The molecule has 0 amide bonds. The first-order valence-corrected chi connectivity index (χ1v) is 3.26. The summed E-state index contributed by atoms with van der Waals surface area (Å²) in [7, 11) is 0. The zero-order chi connectivity index (χ0) is 6.69. The Morgan fingerprint density at radius 2 is 2.44 bits per heavy atom. The molecule has 50 valence electrons. The average molecular weight is 124 g/mol. The third-order valence-corrected chi connectivity index (χ3v) is 1.26. The van der Waals surface area contributed by atoms with Gasteiger partial charge in [0, 0.05) is 5.92 Å². The second-order valence-corrected chi connectivity index (χ2v) is 2.43. The van der Waals surface area contributed by atoms with Gasteiger partial charge in [-0.1, -0.05) is 13.8 Å². The highest BCUT2D eigenvalue weighted by Crippen LogP contribution is 1.97. The predicted octanol–water partition coefficient (Wildman–Crippen LogP) is 1.16. The van der Waals surface area contributed by atoms with Crippen molar-refractivity contribution >= 4 is 5.84 Å². The van der Waals surface area contributed by atoms with Crippen LogP contribution < -0.4 is 5.32 Å².